The van der Waals surface area contributed by atoms with Gasteiger partial charge in [0.25, 0.3) is 0 Å². The van der Waals surface area contributed by atoms with Gasteiger partial charge in [0.05, 0.1) is 17.3 Å². The summed E-state index contributed by atoms with van der Waals surface area (Å²) in [5.41, 5.74) is 6.21. The summed E-state index contributed by atoms with van der Waals surface area (Å²) < 4.78 is 0. The van der Waals surface area contributed by atoms with E-state index in [0.717, 1.165) is 50.3 Å². The van der Waals surface area contributed by atoms with Crippen molar-refractivity contribution in [1.82, 2.24) is 4.98 Å². The molecule has 0 aromatic carbocycles. The van der Waals surface area contributed by atoms with Crippen LogP contribution in [0.4, 0.5) is 11.5 Å². The van der Waals surface area contributed by atoms with Crippen molar-refractivity contribution in [3.8, 4) is 0 Å². The zero-order valence-electron chi connectivity index (χ0n) is 13.1. The molecule has 1 saturated carbocycles. The third-order valence-electron chi connectivity index (χ3n) is 4.53. The molecule has 1 aromatic heterocycles. The number of hydrogen-bond acceptors (Lipinski definition) is 4. The van der Waals surface area contributed by atoms with Crippen LogP contribution >= 0.6 is 0 Å². The number of rotatable bonds is 6. The zero-order chi connectivity index (χ0) is 15.3. The number of carbonyl (C=O) groups excluding carboxylic acids is 1. The third-order valence-corrected chi connectivity index (χ3v) is 4.53. The van der Waals surface area contributed by atoms with Crippen LogP contribution in [0.5, 0.6) is 0 Å². The van der Waals surface area contributed by atoms with Crippen LogP contribution in [0.25, 0.3) is 0 Å². The van der Waals surface area contributed by atoms with Crippen LogP contribution in [0, 0.1) is 5.41 Å². The Hall–Kier alpha value is -1.62. The molecule has 1 amide bonds. The van der Waals surface area contributed by atoms with Gasteiger partial charge in [0.2, 0.25) is 5.91 Å². The van der Waals surface area contributed by atoms with E-state index in [1.165, 1.54) is 0 Å². The molecule has 0 unspecified atom stereocenters. The predicted molar refractivity (Wildman–Crippen MR) is 86.4 cm³/mol. The Morgan fingerprint density at radius 2 is 2.00 bits per heavy atom. The van der Waals surface area contributed by atoms with Crippen LogP contribution in [0.1, 0.15) is 39.5 Å². The molecule has 116 valence electrons. The fourth-order valence-corrected chi connectivity index (χ4v) is 3.03. The van der Waals surface area contributed by atoms with Crippen LogP contribution in [-0.2, 0) is 4.79 Å². The average Bonchev–Trinajstić information content (AvgIpc) is 3.00. The molecule has 1 fully saturated rings. The van der Waals surface area contributed by atoms with E-state index in [4.69, 9.17) is 5.73 Å². The summed E-state index contributed by atoms with van der Waals surface area (Å²) in [6, 6.07) is 3.87. The van der Waals surface area contributed by atoms with E-state index in [2.05, 4.69) is 29.0 Å². The van der Waals surface area contributed by atoms with E-state index >= 15 is 0 Å². The highest BCUT2D eigenvalue weighted by Gasteiger charge is 2.39. The maximum Gasteiger partial charge on any atom is 0.231 e. The maximum absolute atomic E-state index is 12.5. The minimum Gasteiger partial charge on any atom is -0.357 e. The van der Waals surface area contributed by atoms with E-state index in [-0.39, 0.29) is 11.3 Å². The SMILES string of the molecule is CCN(CC)c1ccc(NC(=O)C2(CN)CCCC2)cn1. The average molecular weight is 290 g/mol. The lowest BCUT2D eigenvalue weighted by Gasteiger charge is -2.26. The van der Waals surface area contributed by atoms with E-state index in [1.807, 2.05) is 12.1 Å². The Morgan fingerprint density at radius 1 is 1.33 bits per heavy atom. The molecular weight excluding hydrogens is 264 g/mol. The number of anilines is 2. The van der Waals surface area contributed by atoms with Gasteiger partial charge in [-0.05, 0) is 38.8 Å². The second-order valence-electron chi connectivity index (χ2n) is 5.72. The number of nitrogens with two attached hydrogens (primary N) is 1. The molecule has 0 spiro atoms. The van der Waals surface area contributed by atoms with E-state index < -0.39 is 0 Å². The molecule has 0 bridgehead atoms. The number of carbonyl (C=O) groups is 1. The van der Waals surface area contributed by atoms with Gasteiger partial charge in [-0.15, -0.1) is 0 Å². The van der Waals surface area contributed by atoms with Crippen molar-refractivity contribution >= 4 is 17.4 Å². The fourth-order valence-electron chi connectivity index (χ4n) is 3.03. The first-order valence-electron chi connectivity index (χ1n) is 7.87. The maximum atomic E-state index is 12.5. The summed E-state index contributed by atoms with van der Waals surface area (Å²) in [5.74, 6) is 0.979. The third kappa shape index (κ3) is 3.35. The van der Waals surface area contributed by atoms with Gasteiger partial charge in [-0.2, -0.15) is 0 Å². The quantitative estimate of drug-likeness (QED) is 0.844. The topological polar surface area (TPSA) is 71.2 Å². The Morgan fingerprint density at radius 3 is 2.48 bits per heavy atom. The van der Waals surface area contributed by atoms with Gasteiger partial charge in [0.15, 0.2) is 0 Å². The van der Waals surface area contributed by atoms with Crippen molar-refractivity contribution < 1.29 is 4.79 Å². The lowest BCUT2D eigenvalue weighted by atomic mass is 9.85. The van der Waals surface area contributed by atoms with Crippen LogP contribution in [0.2, 0.25) is 0 Å². The molecule has 1 heterocycles. The molecular formula is C16H26N4O. The summed E-state index contributed by atoms with van der Waals surface area (Å²) in [6.45, 7) is 6.47. The first-order chi connectivity index (χ1) is 10.1. The van der Waals surface area contributed by atoms with Crippen molar-refractivity contribution in [3.05, 3.63) is 18.3 Å². The van der Waals surface area contributed by atoms with Crippen LogP contribution in [0.3, 0.4) is 0 Å². The lowest BCUT2D eigenvalue weighted by Crippen LogP contribution is -2.40. The smallest absolute Gasteiger partial charge is 0.231 e. The van der Waals surface area contributed by atoms with Crippen LogP contribution in [0.15, 0.2) is 18.3 Å². The standard InChI is InChI=1S/C16H26N4O/c1-3-20(4-2)14-8-7-13(11-18-14)19-15(21)16(12-17)9-5-6-10-16/h7-8,11H,3-6,9-10,12,17H2,1-2H3,(H,19,21). The van der Waals surface area contributed by atoms with Crippen LogP contribution < -0.4 is 16.0 Å². The second kappa shape index (κ2) is 6.89. The number of pyridine rings is 1. The van der Waals surface area contributed by atoms with Crippen molar-refractivity contribution in [2.24, 2.45) is 11.1 Å². The molecule has 1 aromatic rings. The van der Waals surface area contributed by atoms with E-state index in [9.17, 15) is 4.79 Å². The van der Waals surface area contributed by atoms with E-state index in [1.54, 1.807) is 6.20 Å². The number of nitrogens with one attached hydrogen (secondary N) is 1. The van der Waals surface area contributed by atoms with Gasteiger partial charge in [-0.1, -0.05) is 12.8 Å². The van der Waals surface area contributed by atoms with Crippen molar-refractivity contribution in [1.29, 1.82) is 0 Å². The van der Waals surface area contributed by atoms with Gasteiger partial charge < -0.3 is 16.0 Å². The van der Waals surface area contributed by atoms with Gasteiger partial charge in [-0.25, -0.2) is 4.98 Å². The van der Waals surface area contributed by atoms with Gasteiger partial charge in [0.1, 0.15) is 5.82 Å². The largest absolute Gasteiger partial charge is 0.357 e. The molecule has 3 N–H and O–H groups in total. The van der Waals surface area contributed by atoms with Crippen molar-refractivity contribution in [3.63, 3.8) is 0 Å². The first-order valence-corrected chi connectivity index (χ1v) is 7.87. The Kier molecular flexibility index (Phi) is 5.17. The highest BCUT2D eigenvalue weighted by atomic mass is 16.2. The zero-order valence-corrected chi connectivity index (χ0v) is 13.1. The van der Waals surface area contributed by atoms with Gasteiger partial charge in [0, 0.05) is 19.6 Å². The Labute approximate surface area is 126 Å². The van der Waals surface area contributed by atoms with Crippen LogP contribution in [-0.4, -0.2) is 30.5 Å². The highest BCUT2D eigenvalue weighted by Crippen LogP contribution is 2.38. The molecule has 1 aliphatic carbocycles. The fraction of sp³-hybridized carbons (Fsp3) is 0.625. The monoisotopic (exact) mass is 290 g/mol. The van der Waals surface area contributed by atoms with Gasteiger partial charge >= 0.3 is 0 Å². The number of nitrogens with zero attached hydrogens (tertiary/aromatic N) is 2. The van der Waals surface area contributed by atoms with Crippen molar-refractivity contribution in [2.75, 3.05) is 29.9 Å². The summed E-state index contributed by atoms with van der Waals surface area (Å²) in [5, 5.41) is 2.98. The van der Waals surface area contributed by atoms with Crippen molar-refractivity contribution in [2.45, 2.75) is 39.5 Å². The minimum absolute atomic E-state index is 0.0416. The highest BCUT2D eigenvalue weighted by molar-refractivity contribution is 5.95. The number of aromatic nitrogens is 1. The molecule has 0 saturated heterocycles. The minimum atomic E-state index is -0.377. The summed E-state index contributed by atoms with van der Waals surface area (Å²) in [7, 11) is 0. The summed E-state index contributed by atoms with van der Waals surface area (Å²) in [6.07, 6.45) is 5.68. The first kappa shape index (κ1) is 15.8. The summed E-state index contributed by atoms with van der Waals surface area (Å²) in [4.78, 5) is 19.1. The summed E-state index contributed by atoms with van der Waals surface area (Å²) >= 11 is 0. The molecule has 0 atom stereocenters. The Bertz CT molecular complexity index is 462. The lowest BCUT2D eigenvalue weighted by molar-refractivity contribution is -0.124. The molecule has 0 aliphatic heterocycles. The molecule has 5 heteroatoms. The number of amides is 1. The molecule has 5 nitrogen and oxygen atoms in total. The molecule has 2 rings (SSSR count). The number of hydrogen-bond donors (Lipinski definition) is 2. The molecule has 0 radical (unpaired) electrons. The molecule has 1 aliphatic rings. The second-order valence-corrected chi connectivity index (χ2v) is 5.72. The van der Waals surface area contributed by atoms with Gasteiger partial charge in [-0.3, -0.25) is 4.79 Å². The predicted octanol–water partition coefficient (Wildman–Crippen LogP) is 2.39. The molecule has 21 heavy (non-hydrogen) atoms. The van der Waals surface area contributed by atoms with E-state index in [0.29, 0.717) is 6.54 Å². The normalized spacial score (nSPS) is 16.7. The Balaban J connectivity index is 2.04.